The summed E-state index contributed by atoms with van der Waals surface area (Å²) < 4.78 is 0. The van der Waals surface area contributed by atoms with Crippen LogP contribution in [0, 0.1) is 0 Å². The molecule has 1 rings (SSSR count). The number of carboxylic acid groups (broad SMARTS) is 2. The van der Waals surface area contributed by atoms with Crippen LogP contribution in [0.5, 0.6) is 5.75 Å². The number of aromatic carboxylic acids is 1. The Morgan fingerprint density at radius 2 is 1.62 bits per heavy atom. The first kappa shape index (κ1) is 14.0. The van der Waals surface area contributed by atoms with Gasteiger partial charge in [0.15, 0.2) is 0 Å². The lowest BCUT2D eigenvalue weighted by Gasteiger charge is -1.92. The molecule has 1 aromatic rings. The highest BCUT2D eigenvalue weighted by atomic mass is 16.4. The van der Waals surface area contributed by atoms with Gasteiger partial charge in [0.2, 0.25) is 0 Å². The van der Waals surface area contributed by atoms with Crippen LogP contribution in [0.3, 0.4) is 0 Å². The normalized spacial score (nSPS) is 8.81. The Labute approximate surface area is 93.0 Å². The van der Waals surface area contributed by atoms with Crippen molar-refractivity contribution in [1.29, 1.82) is 0 Å². The number of aromatic hydroxyl groups is 1. The van der Waals surface area contributed by atoms with Gasteiger partial charge in [0.1, 0.15) is 5.75 Å². The maximum Gasteiger partial charge on any atom is 0.335 e. The summed E-state index contributed by atoms with van der Waals surface area (Å²) in [6, 6.07) is 5.36. The van der Waals surface area contributed by atoms with E-state index in [2.05, 4.69) is 0 Å². The zero-order valence-corrected chi connectivity index (χ0v) is 8.88. The van der Waals surface area contributed by atoms with E-state index in [0.717, 1.165) is 6.42 Å². The first-order valence-corrected chi connectivity index (χ1v) is 4.71. The van der Waals surface area contributed by atoms with Crippen LogP contribution in [0.2, 0.25) is 0 Å². The molecule has 0 heterocycles. The van der Waals surface area contributed by atoms with Gasteiger partial charge in [0, 0.05) is 6.42 Å². The lowest BCUT2D eigenvalue weighted by molar-refractivity contribution is -0.137. The minimum atomic E-state index is -0.986. The molecule has 5 heteroatoms. The van der Waals surface area contributed by atoms with E-state index in [1.165, 1.54) is 24.3 Å². The van der Waals surface area contributed by atoms with Crippen molar-refractivity contribution in [2.75, 3.05) is 0 Å². The third kappa shape index (κ3) is 6.42. The molecular formula is C11H14O5. The van der Waals surface area contributed by atoms with Crippen LogP contribution >= 0.6 is 0 Å². The molecule has 0 bridgehead atoms. The number of carboxylic acids is 2. The molecule has 0 unspecified atom stereocenters. The fraction of sp³-hybridized carbons (Fsp3) is 0.273. The van der Waals surface area contributed by atoms with Crippen molar-refractivity contribution >= 4 is 11.9 Å². The number of hydrogen-bond donors (Lipinski definition) is 3. The van der Waals surface area contributed by atoms with Gasteiger partial charge < -0.3 is 15.3 Å². The van der Waals surface area contributed by atoms with Crippen molar-refractivity contribution in [2.45, 2.75) is 19.8 Å². The summed E-state index contributed by atoms with van der Waals surface area (Å²) in [4.78, 5) is 19.8. The van der Waals surface area contributed by atoms with Gasteiger partial charge in [-0.15, -0.1) is 0 Å². The van der Waals surface area contributed by atoms with E-state index < -0.39 is 11.9 Å². The van der Waals surface area contributed by atoms with Gasteiger partial charge in [-0.3, -0.25) is 4.79 Å². The predicted molar refractivity (Wildman–Crippen MR) is 57.6 cm³/mol. The molecule has 0 saturated heterocycles. The number of benzene rings is 1. The minimum absolute atomic E-state index is 0.0741. The maximum absolute atomic E-state index is 10.2. The Morgan fingerprint density at radius 1 is 1.12 bits per heavy atom. The Bertz CT molecular complexity index is 342. The molecule has 0 aromatic heterocycles. The molecule has 16 heavy (non-hydrogen) atoms. The standard InChI is InChI=1S/C7H6O3.C4H8O2/c8-6-3-1-5(2-4-6)7(9)10;1-2-3-4(5)6/h1-4,8H,(H,9,10);2-3H2,1H3,(H,5,6). The number of hydrogen-bond acceptors (Lipinski definition) is 3. The van der Waals surface area contributed by atoms with Crippen LogP contribution < -0.4 is 0 Å². The highest BCUT2D eigenvalue weighted by Crippen LogP contribution is 2.08. The molecule has 0 saturated carbocycles. The van der Waals surface area contributed by atoms with Gasteiger partial charge in [-0.2, -0.15) is 0 Å². The highest BCUT2D eigenvalue weighted by Gasteiger charge is 1.99. The van der Waals surface area contributed by atoms with E-state index in [0.29, 0.717) is 6.42 Å². The van der Waals surface area contributed by atoms with Crippen LogP contribution in [-0.2, 0) is 4.79 Å². The monoisotopic (exact) mass is 226 g/mol. The van der Waals surface area contributed by atoms with E-state index in [-0.39, 0.29) is 11.3 Å². The topological polar surface area (TPSA) is 94.8 Å². The van der Waals surface area contributed by atoms with Gasteiger partial charge in [0.25, 0.3) is 0 Å². The van der Waals surface area contributed by atoms with Crippen LogP contribution in [0.1, 0.15) is 30.1 Å². The molecule has 0 fully saturated rings. The summed E-state index contributed by atoms with van der Waals surface area (Å²) in [5, 5.41) is 25.1. The summed E-state index contributed by atoms with van der Waals surface area (Å²) in [5.74, 6) is -1.62. The molecule has 0 spiro atoms. The van der Waals surface area contributed by atoms with E-state index in [4.69, 9.17) is 15.3 Å². The fourth-order valence-corrected chi connectivity index (χ4v) is 0.818. The SMILES string of the molecule is CCCC(=O)O.O=C(O)c1ccc(O)cc1. The second-order valence-electron chi connectivity index (χ2n) is 3.00. The van der Waals surface area contributed by atoms with Crippen LogP contribution in [-0.4, -0.2) is 27.3 Å². The zero-order chi connectivity index (χ0) is 12.6. The summed E-state index contributed by atoms with van der Waals surface area (Å²) in [6.07, 6.45) is 1.02. The second-order valence-corrected chi connectivity index (χ2v) is 3.00. The lowest BCUT2D eigenvalue weighted by Crippen LogP contribution is -1.93. The van der Waals surface area contributed by atoms with Gasteiger partial charge in [0.05, 0.1) is 5.56 Å². The van der Waals surface area contributed by atoms with Crippen molar-refractivity contribution < 1.29 is 24.9 Å². The molecule has 0 aliphatic heterocycles. The van der Waals surface area contributed by atoms with Crippen LogP contribution in [0.25, 0.3) is 0 Å². The summed E-state index contributed by atoms with van der Waals surface area (Å²) in [6.45, 7) is 1.84. The number of rotatable bonds is 3. The molecular weight excluding hydrogens is 212 g/mol. The number of phenolic OH excluding ortho intramolecular Hbond substituents is 1. The average molecular weight is 226 g/mol. The number of carbonyl (C=O) groups is 2. The van der Waals surface area contributed by atoms with Crippen molar-refractivity contribution in [3.05, 3.63) is 29.8 Å². The minimum Gasteiger partial charge on any atom is -0.508 e. The fourth-order valence-electron chi connectivity index (χ4n) is 0.818. The van der Waals surface area contributed by atoms with Gasteiger partial charge >= 0.3 is 11.9 Å². The molecule has 0 amide bonds. The second kappa shape index (κ2) is 7.28. The summed E-state index contributed by atoms with van der Waals surface area (Å²) >= 11 is 0. The highest BCUT2D eigenvalue weighted by molar-refractivity contribution is 5.87. The first-order valence-electron chi connectivity index (χ1n) is 4.71. The Morgan fingerprint density at radius 3 is 1.88 bits per heavy atom. The quantitative estimate of drug-likeness (QED) is 0.732. The third-order valence-corrected chi connectivity index (χ3v) is 1.58. The molecule has 0 aliphatic carbocycles. The van der Waals surface area contributed by atoms with Gasteiger partial charge in [-0.05, 0) is 30.7 Å². The van der Waals surface area contributed by atoms with Crippen LogP contribution in [0.4, 0.5) is 0 Å². The smallest absolute Gasteiger partial charge is 0.335 e. The lowest BCUT2D eigenvalue weighted by atomic mass is 10.2. The van der Waals surface area contributed by atoms with Crippen molar-refractivity contribution in [3.63, 3.8) is 0 Å². The Hall–Kier alpha value is -2.04. The zero-order valence-electron chi connectivity index (χ0n) is 8.88. The first-order chi connectivity index (χ1) is 7.47. The van der Waals surface area contributed by atoms with E-state index in [1.54, 1.807) is 0 Å². The largest absolute Gasteiger partial charge is 0.508 e. The van der Waals surface area contributed by atoms with Crippen LogP contribution in [0.15, 0.2) is 24.3 Å². The Balaban J connectivity index is 0.000000325. The molecule has 1 aromatic carbocycles. The Kier molecular flexibility index (Phi) is 6.35. The summed E-state index contributed by atoms with van der Waals surface area (Å²) in [7, 11) is 0. The van der Waals surface area contributed by atoms with Gasteiger partial charge in [-0.1, -0.05) is 6.92 Å². The maximum atomic E-state index is 10.2. The molecule has 5 nitrogen and oxygen atoms in total. The number of aliphatic carboxylic acids is 1. The molecule has 88 valence electrons. The summed E-state index contributed by atoms with van der Waals surface area (Å²) in [5.41, 5.74) is 0.179. The van der Waals surface area contributed by atoms with Crippen molar-refractivity contribution in [1.82, 2.24) is 0 Å². The van der Waals surface area contributed by atoms with E-state index >= 15 is 0 Å². The van der Waals surface area contributed by atoms with E-state index in [9.17, 15) is 9.59 Å². The van der Waals surface area contributed by atoms with Crippen molar-refractivity contribution in [3.8, 4) is 5.75 Å². The molecule has 3 N–H and O–H groups in total. The molecule has 0 radical (unpaired) electrons. The molecule has 0 atom stereocenters. The predicted octanol–water partition coefficient (Wildman–Crippen LogP) is 1.96. The third-order valence-electron chi connectivity index (χ3n) is 1.58. The van der Waals surface area contributed by atoms with Crippen molar-refractivity contribution in [2.24, 2.45) is 0 Å². The molecule has 0 aliphatic rings. The number of phenols is 1. The van der Waals surface area contributed by atoms with Gasteiger partial charge in [-0.25, -0.2) is 4.79 Å². The van der Waals surface area contributed by atoms with E-state index in [1.807, 2.05) is 6.92 Å². The average Bonchev–Trinajstić information content (AvgIpc) is 2.19.